The third-order valence-electron chi connectivity index (χ3n) is 5.68. The SMILES string of the molecule is Nc1ccc(-c2ccccc2)c(NC(=O)c2ccc(CNC(=O)C(N)C(=O)c3ccccc3)cc2)c1. The van der Waals surface area contributed by atoms with Crippen molar-refractivity contribution in [1.82, 2.24) is 5.32 Å². The minimum absolute atomic E-state index is 0.171. The number of hydrogen-bond acceptors (Lipinski definition) is 5. The molecule has 4 aromatic carbocycles. The first-order valence-electron chi connectivity index (χ1n) is 11.4. The van der Waals surface area contributed by atoms with Crippen molar-refractivity contribution < 1.29 is 14.4 Å². The lowest BCUT2D eigenvalue weighted by atomic mass is 10.0. The predicted molar refractivity (Wildman–Crippen MR) is 141 cm³/mol. The van der Waals surface area contributed by atoms with Crippen LogP contribution in [-0.2, 0) is 11.3 Å². The number of nitrogens with one attached hydrogen (secondary N) is 2. The second-order valence-corrected chi connectivity index (χ2v) is 8.25. The third kappa shape index (κ3) is 5.84. The molecule has 4 aromatic rings. The quantitative estimate of drug-likeness (QED) is 0.173. The topological polar surface area (TPSA) is 127 Å². The second-order valence-electron chi connectivity index (χ2n) is 8.25. The van der Waals surface area contributed by atoms with E-state index in [1.165, 1.54) is 0 Å². The van der Waals surface area contributed by atoms with Crippen molar-refractivity contribution in [1.29, 1.82) is 0 Å². The molecular formula is C29H26N4O3. The molecule has 7 heteroatoms. The lowest BCUT2D eigenvalue weighted by Crippen LogP contribution is -2.45. The first-order chi connectivity index (χ1) is 17.4. The normalized spacial score (nSPS) is 11.4. The predicted octanol–water partition coefficient (Wildman–Crippen LogP) is 4.01. The van der Waals surface area contributed by atoms with Crippen LogP contribution in [0, 0.1) is 0 Å². The van der Waals surface area contributed by atoms with Crippen LogP contribution in [0.5, 0.6) is 0 Å². The van der Waals surface area contributed by atoms with Crippen molar-refractivity contribution >= 4 is 29.0 Å². The molecule has 1 atom stereocenters. The van der Waals surface area contributed by atoms with Crippen LogP contribution in [0.1, 0.15) is 26.3 Å². The highest BCUT2D eigenvalue weighted by atomic mass is 16.2. The Labute approximate surface area is 209 Å². The van der Waals surface area contributed by atoms with Crippen LogP contribution >= 0.6 is 0 Å². The number of ketones is 1. The first-order valence-corrected chi connectivity index (χ1v) is 11.4. The fraction of sp³-hybridized carbons (Fsp3) is 0.0690. The number of rotatable bonds is 8. The molecule has 0 aromatic heterocycles. The standard InChI is InChI=1S/C29H26N4O3/c30-23-15-16-24(20-7-3-1-4-8-20)25(17-23)33-28(35)22-13-11-19(12-14-22)18-32-29(36)26(31)27(34)21-9-5-2-6-10-21/h1-17,26H,18,30-31H2,(H,32,36)(H,33,35). The number of anilines is 2. The number of carbonyl (C=O) groups is 3. The van der Waals surface area contributed by atoms with Gasteiger partial charge >= 0.3 is 0 Å². The summed E-state index contributed by atoms with van der Waals surface area (Å²) in [6.45, 7) is 0.171. The molecule has 0 bridgehead atoms. The number of benzene rings is 4. The van der Waals surface area contributed by atoms with Crippen molar-refractivity contribution in [3.8, 4) is 11.1 Å². The van der Waals surface area contributed by atoms with Crippen LogP contribution in [-0.4, -0.2) is 23.6 Å². The van der Waals surface area contributed by atoms with Crippen LogP contribution in [0.15, 0.2) is 103 Å². The minimum Gasteiger partial charge on any atom is -0.399 e. The molecule has 0 aliphatic heterocycles. The molecule has 2 amide bonds. The van der Waals surface area contributed by atoms with Crippen LogP contribution in [0.2, 0.25) is 0 Å². The van der Waals surface area contributed by atoms with Gasteiger partial charge in [-0.15, -0.1) is 0 Å². The van der Waals surface area contributed by atoms with E-state index in [1.54, 1.807) is 66.7 Å². The average Bonchev–Trinajstić information content (AvgIpc) is 2.92. The Hall–Kier alpha value is -4.75. The van der Waals surface area contributed by atoms with Crippen molar-refractivity contribution in [2.45, 2.75) is 12.6 Å². The zero-order valence-electron chi connectivity index (χ0n) is 19.5. The average molecular weight is 479 g/mol. The lowest BCUT2D eigenvalue weighted by Gasteiger charge is -2.13. The van der Waals surface area contributed by atoms with Gasteiger partial charge in [-0.3, -0.25) is 14.4 Å². The molecule has 0 aliphatic rings. The Bertz CT molecular complexity index is 1370. The van der Waals surface area contributed by atoms with Crippen LogP contribution < -0.4 is 22.1 Å². The summed E-state index contributed by atoms with van der Waals surface area (Å²) in [6, 6.07) is 29.0. The molecule has 0 radical (unpaired) electrons. The van der Waals surface area contributed by atoms with E-state index < -0.39 is 17.7 Å². The second kappa shape index (κ2) is 11.1. The molecule has 0 spiro atoms. The maximum Gasteiger partial charge on any atom is 0.255 e. The number of nitrogens with two attached hydrogens (primary N) is 2. The van der Waals surface area contributed by atoms with Gasteiger partial charge in [0.2, 0.25) is 5.91 Å². The number of hydrogen-bond donors (Lipinski definition) is 4. The van der Waals surface area contributed by atoms with Crippen LogP contribution in [0.25, 0.3) is 11.1 Å². The van der Waals surface area contributed by atoms with Crippen molar-refractivity contribution in [2.75, 3.05) is 11.1 Å². The van der Waals surface area contributed by atoms with E-state index in [-0.39, 0.29) is 12.5 Å². The minimum atomic E-state index is -1.30. The summed E-state index contributed by atoms with van der Waals surface area (Å²) in [6.07, 6.45) is 0. The highest BCUT2D eigenvalue weighted by Crippen LogP contribution is 2.30. The van der Waals surface area contributed by atoms with Gasteiger partial charge in [0.05, 0.1) is 5.69 Å². The molecular weight excluding hydrogens is 452 g/mol. The number of Topliss-reactive ketones (excluding diaryl/α,β-unsaturated/α-hetero) is 1. The number of carbonyl (C=O) groups excluding carboxylic acids is 3. The molecule has 0 heterocycles. The molecule has 0 saturated carbocycles. The molecule has 7 nitrogen and oxygen atoms in total. The summed E-state index contributed by atoms with van der Waals surface area (Å²) in [5, 5.41) is 5.61. The van der Waals surface area contributed by atoms with Crippen molar-refractivity contribution in [3.63, 3.8) is 0 Å². The van der Waals surface area contributed by atoms with Gasteiger partial charge in [-0.1, -0.05) is 78.9 Å². The van der Waals surface area contributed by atoms with E-state index in [2.05, 4.69) is 10.6 Å². The summed E-state index contributed by atoms with van der Waals surface area (Å²) in [5.74, 6) is -1.30. The molecule has 0 saturated heterocycles. The maximum atomic E-state index is 12.9. The summed E-state index contributed by atoms with van der Waals surface area (Å²) >= 11 is 0. The zero-order valence-corrected chi connectivity index (χ0v) is 19.5. The van der Waals surface area contributed by atoms with Gasteiger partial charge in [-0.2, -0.15) is 0 Å². The Morgan fingerprint density at radius 3 is 2.06 bits per heavy atom. The fourth-order valence-corrected chi connectivity index (χ4v) is 3.70. The Morgan fingerprint density at radius 2 is 1.39 bits per heavy atom. The van der Waals surface area contributed by atoms with Crippen LogP contribution in [0.4, 0.5) is 11.4 Å². The molecule has 0 aliphatic carbocycles. The fourth-order valence-electron chi connectivity index (χ4n) is 3.70. The zero-order chi connectivity index (χ0) is 25.5. The first kappa shape index (κ1) is 24.4. The maximum absolute atomic E-state index is 12.9. The molecule has 6 N–H and O–H groups in total. The van der Waals surface area contributed by atoms with Gasteiger partial charge in [0.1, 0.15) is 6.04 Å². The molecule has 180 valence electrons. The van der Waals surface area contributed by atoms with Gasteiger partial charge in [0.25, 0.3) is 5.91 Å². The van der Waals surface area contributed by atoms with E-state index >= 15 is 0 Å². The molecule has 36 heavy (non-hydrogen) atoms. The van der Waals surface area contributed by atoms with Gasteiger partial charge in [0, 0.05) is 28.9 Å². The van der Waals surface area contributed by atoms with E-state index in [9.17, 15) is 14.4 Å². The van der Waals surface area contributed by atoms with Gasteiger partial charge in [-0.05, 0) is 35.4 Å². The highest BCUT2D eigenvalue weighted by Gasteiger charge is 2.23. The summed E-state index contributed by atoms with van der Waals surface area (Å²) < 4.78 is 0. The highest BCUT2D eigenvalue weighted by molar-refractivity contribution is 6.13. The van der Waals surface area contributed by atoms with Crippen molar-refractivity contribution in [3.05, 3.63) is 120 Å². The lowest BCUT2D eigenvalue weighted by molar-refractivity contribution is -0.121. The summed E-state index contributed by atoms with van der Waals surface area (Å²) in [4.78, 5) is 37.6. The number of nitrogen functional groups attached to an aromatic ring is 1. The van der Waals surface area contributed by atoms with E-state index in [0.29, 0.717) is 22.5 Å². The monoisotopic (exact) mass is 478 g/mol. The largest absolute Gasteiger partial charge is 0.399 e. The van der Waals surface area contributed by atoms with Gasteiger partial charge in [0.15, 0.2) is 5.78 Å². The van der Waals surface area contributed by atoms with E-state index in [1.807, 2.05) is 36.4 Å². The Kier molecular flexibility index (Phi) is 7.53. The summed E-state index contributed by atoms with van der Waals surface area (Å²) in [5.41, 5.74) is 16.3. The van der Waals surface area contributed by atoms with Crippen molar-refractivity contribution in [2.24, 2.45) is 5.73 Å². The summed E-state index contributed by atoms with van der Waals surface area (Å²) in [7, 11) is 0. The smallest absolute Gasteiger partial charge is 0.255 e. The van der Waals surface area contributed by atoms with Gasteiger partial charge < -0.3 is 22.1 Å². The Balaban J connectivity index is 1.38. The Morgan fingerprint density at radius 1 is 0.750 bits per heavy atom. The molecule has 4 rings (SSSR count). The van der Waals surface area contributed by atoms with Crippen LogP contribution in [0.3, 0.4) is 0 Å². The van der Waals surface area contributed by atoms with Gasteiger partial charge in [-0.25, -0.2) is 0 Å². The molecule has 0 fully saturated rings. The third-order valence-corrected chi connectivity index (χ3v) is 5.68. The molecule has 1 unspecified atom stereocenters. The van der Waals surface area contributed by atoms with E-state index in [4.69, 9.17) is 11.5 Å². The number of amides is 2. The van der Waals surface area contributed by atoms with E-state index in [0.717, 1.165) is 16.7 Å².